The summed E-state index contributed by atoms with van der Waals surface area (Å²) in [5, 5.41) is 0. The summed E-state index contributed by atoms with van der Waals surface area (Å²) >= 11 is 0. The Morgan fingerprint density at radius 1 is 0.444 bits per heavy atom. The van der Waals surface area contributed by atoms with E-state index in [0.29, 0.717) is 0 Å². The quantitative estimate of drug-likeness (QED) is 0.211. The fourth-order valence-corrected chi connectivity index (χ4v) is 0. The summed E-state index contributed by atoms with van der Waals surface area (Å²) in [6.45, 7) is 0. The standard InChI is InChI=1S/Cu.3H2O4S.2H4O/c;3*1-5(2,3)4;;/h;3*(H2,1,2,3,4);2*1H4/q+2;;;;2*+2/p-6. The maximum atomic E-state index is 8.52. The largest absolute Gasteiger partial charge is 2.00 e. The van der Waals surface area contributed by atoms with Crippen molar-refractivity contribution in [2.45, 2.75) is 0 Å². The van der Waals surface area contributed by atoms with Crippen LogP contribution in [0.3, 0.4) is 0 Å². The molecule has 0 aromatic rings. The maximum absolute atomic E-state index is 8.52. The summed E-state index contributed by atoms with van der Waals surface area (Å²) in [6, 6.07) is 0. The molecule has 0 aliphatic heterocycles. The molecule has 0 spiro atoms. The van der Waals surface area contributed by atoms with Gasteiger partial charge in [0, 0.05) is 31.2 Å². The smallest absolute Gasteiger partial charge is 0.873 e. The van der Waals surface area contributed by atoms with Crippen LogP contribution in [0.15, 0.2) is 0 Å². The second kappa shape index (κ2) is 13.5. The van der Waals surface area contributed by atoms with Crippen LogP contribution in [0.5, 0.6) is 0 Å². The van der Waals surface area contributed by atoms with Crippen LogP contribution in [-0.4, -0.2) is 52.6 Å². The first-order chi connectivity index (χ1) is 6.00. The molecule has 121 valence electrons. The molecule has 0 aliphatic carbocycles. The molecule has 8 N–H and O–H groups in total. The average Bonchev–Trinajstić information content (AvgIpc) is 1.41. The van der Waals surface area contributed by atoms with Gasteiger partial charge in [-0.1, -0.05) is 0 Å². The Morgan fingerprint density at radius 2 is 0.444 bits per heavy atom. The molecule has 0 saturated carbocycles. The van der Waals surface area contributed by atoms with Gasteiger partial charge in [-0.05, 0) is 0 Å². The van der Waals surface area contributed by atoms with Crippen LogP contribution in [0.4, 0.5) is 0 Å². The molecule has 14 nitrogen and oxygen atoms in total. The summed E-state index contributed by atoms with van der Waals surface area (Å²) in [6.07, 6.45) is 0. The van der Waals surface area contributed by atoms with Gasteiger partial charge in [-0.3, -0.25) is 25.3 Å². The van der Waals surface area contributed by atoms with Crippen molar-refractivity contribution in [3.8, 4) is 0 Å². The molecule has 0 aliphatic rings. The Labute approximate surface area is 112 Å². The number of rotatable bonds is 0. The van der Waals surface area contributed by atoms with E-state index in [9.17, 15) is 0 Å². The molecule has 0 aromatic carbocycles. The third-order valence-electron chi connectivity index (χ3n) is 0. The van der Waals surface area contributed by atoms with Crippen molar-refractivity contribution in [1.29, 1.82) is 0 Å². The van der Waals surface area contributed by atoms with Gasteiger partial charge >= 0.3 is 17.1 Å². The molecule has 0 unspecified atom stereocenters. The van der Waals surface area contributed by atoms with E-state index in [0.717, 1.165) is 0 Å². The zero-order valence-corrected chi connectivity index (χ0v) is 11.2. The normalized spacial score (nSPS) is 9.67. The summed E-state index contributed by atoms with van der Waals surface area (Å²) in [5.41, 5.74) is 0. The summed E-state index contributed by atoms with van der Waals surface area (Å²) in [4.78, 5) is 0. The van der Waals surface area contributed by atoms with Crippen molar-refractivity contribution >= 4 is 31.2 Å². The maximum Gasteiger partial charge on any atom is 2.00 e. The van der Waals surface area contributed by atoms with Crippen LogP contribution < -0.4 is 0 Å². The minimum Gasteiger partial charge on any atom is -0.873 e. The van der Waals surface area contributed by atoms with E-state index in [1.807, 2.05) is 0 Å². The monoisotopic (exact) mass is 391 g/mol. The third kappa shape index (κ3) is 1480000. The van der Waals surface area contributed by atoms with Crippen molar-refractivity contribution in [2.24, 2.45) is 0 Å². The Morgan fingerprint density at radius 3 is 0.444 bits per heavy atom. The van der Waals surface area contributed by atoms with Crippen LogP contribution >= 0.6 is 0 Å². The van der Waals surface area contributed by atoms with E-state index in [1.165, 1.54) is 0 Å². The Kier molecular flexibility index (Phi) is 27.1. The fraction of sp³-hybridized carbons (Fsp3) is 0. The second-order valence-corrected chi connectivity index (χ2v) is 3.67. The van der Waals surface area contributed by atoms with Crippen molar-refractivity contribution in [3.05, 3.63) is 0 Å². The molecule has 0 heterocycles. The Hall–Kier alpha value is 0.0495. The van der Waals surface area contributed by atoms with Gasteiger partial charge in [0.15, 0.2) is 0 Å². The van der Waals surface area contributed by atoms with Gasteiger partial charge in [0.1, 0.15) is 0 Å². The van der Waals surface area contributed by atoms with Gasteiger partial charge in [-0.2, -0.15) is 0 Å². The Balaban J connectivity index is -0.0000000277. The first kappa shape index (κ1) is 36.1. The average molecular weight is 392 g/mol. The molecule has 0 aromatic heterocycles. The van der Waals surface area contributed by atoms with Crippen LogP contribution in [0.2, 0.25) is 0 Å². The zero-order valence-electron chi connectivity index (χ0n) is 7.84. The predicted molar refractivity (Wildman–Crippen MR) is 44.0 cm³/mol. The molecule has 0 bridgehead atoms. The van der Waals surface area contributed by atoms with Gasteiger partial charge in [-0.25, -0.2) is 0 Å². The van der Waals surface area contributed by atoms with E-state index in [4.69, 9.17) is 52.6 Å². The molecule has 0 saturated heterocycles. The summed E-state index contributed by atoms with van der Waals surface area (Å²) < 4.78 is 102. The van der Waals surface area contributed by atoms with E-state index in [-0.39, 0.29) is 28.0 Å². The molecular formula is H8CuO14S3. The van der Waals surface area contributed by atoms with Gasteiger partial charge in [0.25, 0.3) is 0 Å². The molecule has 0 amide bonds. The molecule has 0 atom stereocenters. The van der Waals surface area contributed by atoms with Gasteiger partial charge in [0.2, 0.25) is 0 Å². The van der Waals surface area contributed by atoms with Crippen LogP contribution in [-0.2, 0) is 59.2 Å². The van der Waals surface area contributed by atoms with Gasteiger partial charge < -0.3 is 38.3 Å². The minimum atomic E-state index is -5.17. The van der Waals surface area contributed by atoms with Crippen molar-refractivity contribution in [3.63, 3.8) is 0 Å². The van der Waals surface area contributed by atoms with Gasteiger partial charge in [-0.15, -0.1) is 0 Å². The summed E-state index contributed by atoms with van der Waals surface area (Å²) in [5.74, 6) is 0. The van der Waals surface area contributed by atoms with E-state index in [1.54, 1.807) is 0 Å². The van der Waals surface area contributed by atoms with E-state index < -0.39 is 31.2 Å². The fourth-order valence-electron chi connectivity index (χ4n) is 0. The molecule has 0 rings (SSSR count). The van der Waals surface area contributed by atoms with Crippen LogP contribution in [0.25, 0.3) is 0 Å². The van der Waals surface area contributed by atoms with Crippen LogP contribution in [0, 0.1) is 0 Å². The molecule has 1 radical (unpaired) electrons. The van der Waals surface area contributed by atoms with Crippen molar-refractivity contribution in [2.75, 3.05) is 0 Å². The van der Waals surface area contributed by atoms with Crippen molar-refractivity contribution in [1.82, 2.24) is 0 Å². The van der Waals surface area contributed by atoms with Gasteiger partial charge in [0.05, 0.1) is 0 Å². The second-order valence-electron chi connectivity index (χ2n) is 1.22. The van der Waals surface area contributed by atoms with E-state index in [2.05, 4.69) is 0 Å². The van der Waals surface area contributed by atoms with Crippen molar-refractivity contribution < 1.29 is 80.6 Å². The van der Waals surface area contributed by atoms with E-state index >= 15 is 0 Å². The SMILES string of the molecule is O=S(=O)([O-])[O-].O=S(=O)([O-])[O-].O=S(=O)([O-])[O-].[Cu+2].[OH4+2].[OH4+2]. The Bertz CT molecular complexity index is 338. The third-order valence-corrected chi connectivity index (χ3v) is 0. The summed E-state index contributed by atoms with van der Waals surface area (Å²) in [7, 11) is -15.5. The minimum absolute atomic E-state index is 0. The predicted octanol–water partition coefficient (Wildman–Crippen LogP) is -6.40. The first-order valence-electron chi connectivity index (χ1n) is 2.00. The molecule has 18 heavy (non-hydrogen) atoms. The van der Waals surface area contributed by atoms with Crippen LogP contribution in [0.1, 0.15) is 0 Å². The molecule has 0 fully saturated rings. The first-order valence-corrected chi connectivity index (χ1v) is 6.00. The molecular weight excluding hydrogens is 384 g/mol. The number of hydrogen-bond donors (Lipinski definition) is 0. The topological polar surface area (TPSA) is 310 Å². The zero-order chi connectivity index (χ0) is 13.5. The molecule has 18 heteroatoms. The number of hydrogen-bond acceptors (Lipinski definition) is 12.